The molecule has 196 valence electrons. The Hall–Kier alpha value is -4.10. The molecule has 0 aliphatic rings. The third-order valence-electron chi connectivity index (χ3n) is 5.64. The molecule has 2 aromatic carbocycles. The van der Waals surface area contributed by atoms with Gasteiger partial charge in [-0.3, -0.25) is 9.52 Å². The number of ether oxygens (including phenoxy) is 1. The second-order valence-electron chi connectivity index (χ2n) is 8.34. The van der Waals surface area contributed by atoms with Crippen LogP contribution in [0.2, 0.25) is 0 Å². The van der Waals surface area contributed by atoms with Crippen molar-refractivity contribution < 1.29 is 26.5 Å². The molecular formula is C25H20F2N4O5S2. The van der Waals surface area contributed by atoms with E-state index in [1.165, 1.54) is 41.0 Å². The maximum atomic E-state index is 14.5. The molecule has 0 atom stereocenters. The second-order valence-corrected chi connectivity index (χ2v) is 11.4. The van der Waals surface area contributed by atoms with Gasteiger partial charge in [0.25, 0.3) is 5.56 Å². The molecule has 0 radical (unpaired) electrons. The summed E-state index contributed by atoms with van der Waals surface area (Å²) in [6.07, 6.45) is 1.58. The van der Waals surface area contributed by atoms with Gasteiger partial charge >= 0.3 is 0 Å². The Morgan fingerprint density at radius 1 is 1.11 bits per heavy atom. The number of nitrogens with zero attached hydrogens (tertiary/aromatic N) is 3. The van der Waals surface area contributed by atoms with Crippen LogP contribution in [0, 0.1) is 18.6 Å². The molecule has 0 aliphatic heterocycles. The number of thiophene rings is 1. The molecule has 0 bridgehead atoms. The van der Waals surface area contributed by atoms with Gasteiger partial charge in [-0.15, -0.1) is 11.3 Å². The fraction of sp³-hybridized carbons (Fsp3) is 0.160. The molecular weight excluding hydrogens is 538 g/mol. The lowest BCUT2D eigenvalue weighted by atomic mass is 10.0. The van der Waals surface area contributed by atoms with Gasteiger partial charge in [0.2, 0.25) is 21.7 Å². The fourth-order valence-corrected chi connectivity index (χ4v) is 5.50. The van der Waals surface area contributed by atoms with Crippen molar-refractivity contribution >= 4 is 37.1 Å². The highest BCUT2D eigenvalue weighted by atomic mass is 32.2. The number of fused-ring (bicyclic) bond motifs is 1. The first kappa shape index (κ1) is 25.5. The van der Waals surface area contributed by atoms with Crippen LogP contribution in [-0.4, -0.2) is 28.9 Å². The standard InChI is InChI=1S/C25H20F2N4O5S2/c1-4-38(33,34)30-15-6-8-20(35-21-7-5-14(26)9-19(21)27)16(10-15)18-12-31(3)25(32)17-11-22(37-23(17)18)24-28-13(2)36-29-24/h5-12,30H,4H2,1-3H3. The largest absolute Gasteiger partial charge is 0.454 e. The van der Waals surface area contributed by atoms with Crippen molar-refractivity contribution in [2.75, 3.05) is 10.5 Å². The van der Waals surface area contributed by atoms with E-state index in [4.69, 9.17) is 9.26 Å². The lowest BCUT2D eigenvalue weighted by Gasteiger charge is -2.16. The summed E-state index contributed by atoms with van der Waals surface area (Å²) >= 11 is 1.24. The van der Waals surface area contributed by atoms with Crippen LogP contribution in [0.1, 0.15) is 12.8 Å². The first-order valence-corrected chi connectivity index (χ1v) is 13.7. The van der Waals surface area contributed by atoms with E-state index in [-0.39, 0.29) is 28.5 Å². The smallest absolute Gasteiger partial charge is 0.259 e. The van der Waals surface area contributed by atoms with Gasteiger partial charge in [0, 0.05) is 43.0 Å². The molecule has 13 heteroatoms. The molecule has 0 fully saturated rings. The van der Waals surface area contributed by atoms with Gasteiger partial charge in [-0.1, -0.05) is 5.16 Å². The number of anilines is 1. The number of hydrogen-bond acceptors (Lipinski definition) is 8. The highest BCUT2D eigenvalue weighted by Crippen LogP contribution is 2.42. The van der Waals surface area contributed by atoms with Crippen LogP contribution < -0.4 is 15.0 Å². The van der Waals surface area contributed by atoms with Crippen molar-refractivity contribution in [2.24, 2.45) is 7.05 Å². The topological polar surface area (TPSA) is 116 Å². The Morgan fingerprint density at radius 3 is 2.55 bits per heavy atom. The van der Waals surface area contributed by atoms with E-state index < -0.39 is 21.7 Å². The molecule has 0 amide bonds. The third-order valence-corrected chi connectivity index (χ3v) is 8.11. The van der Waals surface area contributed by atoms with Gasteiger partial charge in [-0.25, -0.2) is 17.2 Å². The maximum absolute atomic E-state index is 14.5. The van der Waals surface area contributed by atoms with Gasteiger partial charge in [0.15, 0.2) is 11.6 Å². The Labute approximate surface area is 219 Å². The zero-order valence-corrected chi connectivity index (χ0v) is 21.9. The van der Waals surface area contributed by atoms with E-state index in [0.717, 1.165) is 12.1 Å². The highest BCUT2D eigenvalue weighted by molar-refractivity contribution is 7.92. The Morgan fingerprint density at radius 2 is 1.87 bits per heavy atom. The predicted octanol–water partition coefficient (Wildman–Crippen LogP) is 5.46. The lowest BCUT2D eigenvalue weighted by molar-refractivity contribution is 0.394. The van der Waals surface area contributed by atoms with E-state index in [2.05, 4.69) is 14.9 Å². The van der Waals surface area contributed by atoms with Crippen molar-refractivity contribution in [3.63, 3.8) is 0 Å². The van der Waals surface area contributed by atoms with Gasteiger partial charge < -0.3 is 13.8 Å². The summed E-state index contributed by atoms with van der Waals surface area (Å²) in [7, 11) is -2.04. The van der Waals surface area contributed by atoms with E-state index in [0.29, 0.717) is 43.9 Å². The van der Waals surface area contributed by atoms with Crippen LogP contribution in [-0.2, 0) is 17.1 Å². The van der Waals surface area contributed by atoms with Crippen LogP contribution >= 0.6 is 11.3 Å². The monoisotopic (exact) mass is 558 g/mol. The average molecular weight is 559 g/mol. The minimum atomic E-state index is -3.61. The van der Waals surface area contributed by atoms with Gasteiger partial charge in [0.1, 0.15) is 11.6 Å². The molecule has 5 rings (SSSR count). The van der Waals surface area contributed by atoms with Gasteiger partial charge in [-0.2, -0.15) is 4.98 Å². The molecule has 38 heavy (non-hydrogen) atoms. The van der Waals surface area contributed by atoms with Crippen molar-refractivity contribution in [3.8, 4) is 33.3 Å². The fourth-order valence-electron chi connectivity index (χ4n) is 3.77. The predicted molar refractivity (Wildman–Crippen MR) is 140 cm³/mol. The summed E-state index contributed by atoms with van der Waals surface area (Å²) in [5, 5.41) is 4.30. The van der Waals surface area contributed by atoms with Gasteiger partial charge in [-0.05, 0) is 43.3 Å². The second kappa shape index (κ2) is 9.65. The Bertz CT molecular complexity index is 1860. The molecule has 1 N–H and O–H groups in total. The summed E-state index contributed by atoms with van der Waals surface area (Å²) < 4.78 is 67.7. The Kier molecular flexibility index (Phi) is 6.49. The lowest BCUT2D eigenvalue weighted by Crippen LogP contribution is -2.16. The van der Waals surface area contributed by atoms with Crippen LogP contribution in [0.15, 0.2) is 58.0 Å². The molecule has 0 unspecified atom stereocenters. The normalized spacial score (nSPS) is 11.7. The molecule has 3 heterocycles. The minimum Gasteiger partial charge on any atom is -0.454 e. The van der Waals surface area contributed by atoms with Crippen LogP contribution in [0.25, 0.3) is 31.9 Å². The summed E-state index contributed by atoms with van der Waals surface area (Å²) in [6.45, 7) is 3.15. The van der Waals surface area contributed by atoms with Crippen molar-refractivity contribution in [1.82, 2.24) is 14.7 Å². The third kappa shape index (κ3) is 4.89. The zero-order chi connectivity index (χ0) is 27.2. The van der Waals surface area contributed by atoms with E-state index >= 15 is 0 Å². The number of sulfonamides is 1. The number of benzene rings is 2. The van der Waals surface area contributed by atoms with Crippen molar-refractivity contribution in [2.45, 2.75) is 13.8 Å². The first-order chi connectivity index (χ1) is 18.0. The first-order valence-electron chi connectivity index (χ1n) is 11.3. The number of rotatable bonds is 7. The molecule has 3 aromatic heterocycles. The van der Waals surface area contributed by atoms with E-state index in [9.17, 15) is 22.0 Å². The molecule has 0 saturated heterocycles. The summed E-state index contributed by atoms with van der Waals surface area (Å²) in [6, 6.07) is 9.03. The van der Waals surface area contributed by atoms with Crippen molar-refractivity contribution in [3.05, 3.63) is 76.5 Å². The SMILES string of the molecule is CCS(=O)(=O)Nc1ccc(Oc2ccc(F)cc2F)c(-c2cn(C)c(=O)c3cc(-c4noc(C)n4)sc23)c1. The number of aromatic nitrogens is 3. The van der Waals surface area contributed by atoms with E-state index in [1.54, 1.807) is 26.2 Å². The molecule has 0 aliphatic carbocycles. The number of pyridine rings is 1. The number of aryl methyl sites for hydroxylation is 2. The van der Waals surface area contributed by atoms with Crippen LogP contribution in [0.5, 0.6) is 11.5 Å². The maximum Gasteiger partial charge on any atom is 0.259 e. The van der Waals surface area contributed by atoms with Crippen molar-refractivity contribution in [1.29, 1.82) is 0 Å². The van der Waals surface area contributed by atoms with Crippen LogP contribution in [0.4, 0.5) is 14.5 Å². The minimum absolute atomic E-state index is 0.149. The van der Waals surface area contributed by atoms with E-state index in [1.807, 2.05) is 0 Å². The summed E-state index contributed by atoms with van der Waals surface area (Å²) in [5.41, 5.74) is 0.833. The number of hydrogen-bond donors (Lipinski definition) is 1. The molecule has 9 nitrogen and oxygen atoms in total. The molecule has 0 saturated carbocycles. The Balaban J connectivity index is 1.74. The summed E-state index contributed by atoms with van der Waals surface area (Å²) in [4.78, 5) is 17.8. The van der Waals surface area contributed by atoms with Gasteiger partial charge in [0.05, 0.1) is 20.7 Å². The van der Waals surface area contributed by atoms with Crippen LogP contribution in [0.3, 0.4) is 0 Å². The number of nitrogens with one attached hydrogen (secondary N) is 1. The molecule has 5 aromatic rings. The number of halogens is 2. The average Bonchev–Trinajstić information content (AvgIpc) is 3.51. The quantitative estimate of drug-likeness (QED) is 0.282. The highest BCUT2D eigenvalue weighted by Gasteiger charge is 2.21. The zero-order valence-electron chi connectivity index (χ0n) is 20.3. The molecule has 0 spiro atoms. The summed E-state index contributed by atoms with van der Waals surface area (Å²) in [5.74, 6) is -1.23.